The van der Waals surface area contributed by atoms with Crippen LogP contribution in [0, 0.1) is 5.92 Å². The first-order valence-electron chi connectivity index (χ1n) is 6.35. The summed E-state index contributed by atoms with van der Waals surface area (Å²) in [6.07, 6.45) is 2.50. The lowest BCUT2D eigenvalue weighted by molar-refractivity contribution is 0.0899. The van der Waals surface area contributed by atoms with Crippen molar-refractivity contribution >= 4 is 11.6 Å². The number of nitrogens with one attached hydrogen (secondary N) is 1. The molecular weight excluding hydrogens is 230 g/mol. The fourth-order valence-corrected chi connectivity index (χ4v) is 1.99. The van der Waals surface area contributed by atoms with Gasteiger partial charge in [-0.1, -0.05) is 13.8 Å². The highest BCUT2D eigenvalue weighted by Gasteiger charge is 2.17. The molecule has 1 heterocycles. The molecule has 18 heavy (non-hydrogen) atoms. The average molecular weight is 253 g/mol. The summed E-state index contributed by atoms with van der Waals surface area (Å²) < 4.78 is 1.80. The number of aliphatic hydroxyl groups is 1. The number of nitrogens with two attached hydrogens (primary N) is 1. The smallest absolute Gasteiger partial charge is 0.268 e. The predicted octanol–water partition coefficient (Wildman–Crippen LogP) is 1.23. The largest absolute Gasteiger partial charge is 0.397 e. The molecule has 1 amide bonds. The Morgan fingerprint density at radius 2 is 2.22 bits per heavy atom. The molecule has 0 bridgehead atoms. The van der Waals surface area contributed by atoms with E-state index in [1.165, 1.54) is 0 Å². The number of carbonyl (C=O) groups excluding carboxylic acids is 1. The van der Waals surface area contributed by atoms with E-state index in [4.69, 9.17) is 5.73 Å². The van der Waals surface area contributed by atoms with E-state index in [9.17, 15) is 9.90 Å². The Hall–Kier alpha value is -1.49. The van der Waals surface area contributed by atoms with E-state index < -0.39 is 0 Å². The van der Waals surface area contributed by atoms with Gasteiger partial charge in [-0.15, -0.1) is 0 Å². The zero-order chi connectivity index (χ0) is 13.7. The molecule has 0 aromatic carbocycles. The lowest BCUT2D eigenvalue weighted by Gasteiger charge is -2.18. The maximum absolute atomic E-state index is 12.1. The number of aromatic nitrogens is 1. The molecule has 0 spiro atoms. The van der Waals surface area contributed by atoms with Crippen molar-refractivity contribution in [2.24, 2.45) is 5.92 Å². The van der Waals surface area contributed by atoms with E-state index >= 15 is 0 Å². The van der Waals surface area contributed by atoms with Gasteiger partial charge in [0.15, 0.2) is 0 Å². The van der Waals surface area contributed by atoms with Crippen molar-refractivity contribution in [2.75, 3.05) is 12.3 Å². The van der Waals surface area contributed by atoms with E-state index in [1.54, 1.807) is 16.8 Å². The molecule has 5 heteroatoms. The first-order valence-corrected chi connectivity index (χ1v) is 6.35. The van der Waals surface area contributed by atoms with Crippen LogP contribution in [0.15, 0.2) is 12.3 Å². The summed E-state index contributed by atoms with van der Waals surface area (Å²) in [5.74, 6) is 0.235. The molecule has 1 rings (SSSR count). The minimum absolute atomic E-state index is 0.0494. The van der Waals surface area contributed by atoms with Gasteiger partial charge in [0.2, 0.25) is 0 Å². The van der Waals surface area contributed by atoms with Crippen LogP contribution in [0.1, 0.15) is 37.7 Å². The fourth-order valence-electron chi connectivity index (χ4n) is 1.99. The molecule has 1 atom stereocenters. The Balaban J connectivity index is 2.74. The second kappa shape index (κ2) is 6.44. The lowest BCUT2D eigenvalue weighted by atomic mass is 10.0. The molecule has 4 N–H and O–H groups in total. The van der Waals surface area contributed by atoms with Crippen LogP contribution < -0.4 is 11.1 Å². The topological polar surface area (TPSA) is 80.3 Å². The van der Waals surface area contributed by atoms with Crippen LogP contribution in [0.25, 0.3) is 0 Å². The molecule has 0 aliphatic heterocycles. The van der Waals surface area contributed by atoms with Gasteiger partial charge in [0.05, 0.1) is 18.3 Å². The maximum Gasteiger partial charge on any atom is 0.268 e. The molecule has 0 aliphatic rings. The van der Waals surface area contributed by atoms with Gasteiger partial charge >= 0.3 is 0 Å². The van der Waals surface area contributed by atoms with Crippen molar-refractivity contribution in [2.45, 2.75) is 39.8 Å². The van der Waals surface area contributed by atoms with Crippen molar-refractivity contribution < 1.29 is 9.90 Å². The molecule has 0 saturated carbocycles. The number of amides is 1. The van der Waals surface area contributed by atoms with Gasteiger partial charge in [-0.25, -0.2) is 0 Å². The van der Waals surface area contributed by atoms with Crippen molar-refractivity contribution in [1.82, 2.24) is 9.88 Å². The summed E-state index contributed by atoms with van der Waals surface area (Å²) in [5.41, 5.74) is 6.80. The number of rotatable bonds is 6. The van der Waals surface area contributed by atoms with Gasteiger partial charge in [0, 0.05) is 12.7 Å². The Bertz CT molecular complexity index is 399. The monoisotopic (exact) mass is 253 g/mol. The highest BCUT2D eigenvalue weighted by Crippen LogP contribution is 2.11. The van der Waals surface area contributed by atoms with Gasteiger partial charge in [-0.3, -0.25) is 4.79 Å². The fraction of sp³-hybridized carbons (Fsp3) is 0.615. The summed E-state index contributed by atoms with van der Waals surface area (Å²) in [7, 11) is 0. The quantitative estimate of drug-likeness (QED) is 0.713. The van der Waals surface area contributed by atoms with Gasteiger partial charge in [0.1, 0.15) is 5.69 Å². The molecule has 1 aromatic rings. The van der Waals surface area contributed by atoms with E-state index in [1.807, 2.05) is 6.92 Å². The number of aliphatic hydroxyl groups excluding tert-OH is 1. The third kappa shape index (κ3) is 3.77. The Kier molecular flexibility index (Phi) is 5.22. The molecular formula is C13H23N3O2. The highest BCUT2D eigenvalue weighted by molar-refractivity contribution is 5.94. The molecule has 102 valence electrons. The summed E-state index contributed by atoms with van der Waals surface area (Å²) in [6, 6.07) is 1.45. The number of aryl methyl sites for hydroxylation is 1. The summed E-state index contributed by atoms with van der Waals surface area (Å²) >= 11 is 0. The summed E-state index contributed by atoms with van der Waals surface area (Å²) in [4.78, 5) is 12.1. The Labute approximate surface area is 108 Å². The van der Waals surface area contributed by atoms with Crippen LogP contribution >= 0.6 is 0 Å². The van der Waals surface area contributed by atoms with Gasteiger partial charge in [0.25, 0.3) is 5.91 Å². The standard InChI is InChI=1S/C13H23N3O2/c1-4-16-7-10(14)6-12(16)13(18)15-11(8-17)5-9(2)3/h6-7,9,11,17H,4-5,8,14H2,1-3H3,(H,15,18). The molecule has 5 nitrogen and oxygen atoms in total. The second-order valence-corrected chi connectivity index (χ2v) is 4.93. The van der Waals surface area contributed by atoms with Crippen LogP contribution in [0.2, 0.25) is 0 Å². The normalized spacial score (nSPS) is 12.7. The first kappa shape index (κ1) is 14.6. The van der Waals surface area contributed by atoms with Gasteiger partial charge < -0.3 is 20.7 Å². The first-order chi connectivity index (χ1) is 8.47. The molecule has 1 unspecified atom stereocenters. The molecule has 0 aliphatic carbocycles. The predicted molar refractivity (Wildman–Crippen MR) is 72.3 cm³/mol. The Morgan fingerprint density at radius 3 is 2.72 bits per heavy atom. The number of hydrogen-bond acceptors (Lipinski definition) is 3. The third-order valence-electron chi connectivity index (χ3n) is 2.80. The van der Waals surface area contributed by atoms with Crippen molar-refractivity contribution in [3.63, 3.8) is 0 Å². The number of nitrogen functional groups attached to an aromatic ring is 1. The van der Waals surface area contributed by atoms with Crippen LogP contribution in [0.4, 0.5) is 5.69 Å². The molecule has 0 radical (unpaired) electrons. The van der Waals surface area contributed by atoms with Crippen LogP contribution in [-0.2, 0) is 6.54 Å². The number of carbonyl (C=O) groups is 1. The van der Waals surface area contributed by atoms with Crippen molar-refractivity contribution in [3.05, 3.63) is 18.0 Å². The van der Waals surface area contributed by atoms with E-state index in [2.05, 4.69) is 19.2 Å². The molecule has 1 aromatic heterocycles. The zero-order valence-corrected chi connectivity index (χ0v) is 11.3. The van der Waals surface area contributed by atoms with Crippen molar-refractivity contribution in [1.29, 1.82) is 0 Å². The van der Waals surface area contributed by atoms with Crippen LogP contribution in [-0.4, -0.2) is 28.2 Å². The second-order valence-electron chi connectivity index (χ2n) is 4.93. The third-order valence-corrected chi connectivity index (χ3v) is 2.80. The van der Waals surface area contributed by atoms with Crippen LogP contribution in [0.5, 0.6) is 0 Å². The highest BCUT2D eigenvalue weighted by atomic mass is 16.3. The van der Waals surface area contributed by atoms with Gasteiger partial charge in [-0.05, 0) is 25.3 Å². The Morgan fingerprint density at radius 1 is 1.56 bits per heavy atom. The number of hydrogen-bond donors (Lipinski definition) is 3. The molecule has 0 saturated heterocycles. The van der Waals surface area contributed by atoms with Gasteiger partial charge in [-0.2, -0.15) is 0 Å². The number of nitrogens with zero attached hydrogens (tertiary/aromatic N) is 1. The average Bonchev–Trinajstić information content (AvgIpc) is 2.69. The van der Waals surface area contributed by atoms with Crippen LogP contribution in [0.3, 0.4) is 0 Å². The summed E-state index contributed by atoms with van der Waals surface area (Å²) in [6.45, 7) is 6.71. The minimum atomic E-state index is -0.209. The van der Waals surface area contributed by atoms with E-state index in [0.29, 0.717) is 23.8 Å². The van der Waals surface area contributed by atoms with E-state index in [0.717, 1.165) is 6.42 Å². The minimum Gasteiger partial charge on any atom is -0.397 e. The summed E-state index contributed by atoms with van der Waals surface area (Å²) in [5, 5.41) is 12.1. The zero-order valence-electron chi connectivity index (χ0n) is 11.3. The van der Waals surface area contributed by atoms with E-state index in [-0.39, 0.29) is 18.6 Å². The number of anilines is 1. The lowest BCUT2D eigenvalue weighted by Crippen LogP contribution is -2.39. The van der Waals surface area contributed by atoms with Crippen molar-refractivity contribution in [3.8, 4) is 0 Å². The SMILES string of the molecule is CCn1cc(N)cc1C(=O)NC(CO)CC(C)C. The molecule has 0 fully saturated rings. The maximum atomic E-state index is 12.1.